The number of hydrogen-bond donors (Lipinski definition) is 0. The van der Waals surface area contributed by atoms with Crippen molar-refractivity contribution in [1.82, 2.24) is 9.13 Å². The summed E-state index contributed by atoms with van der Waals surface area (Å²) in [6.45, 7) is 4.76. The van der Waals surface area contributed by atoms with E-state index >= 15 is 0 Å². The normalized spacial score (nSPS) is 13.6. The summed E-state index contributed by atoms with van der Waals surface area (Å²) in [5.74, 6) is 0. The zero-order valence-corrected chi connectivity index (χ0v) is 35.3. The maximum Gasteiger partial charge on any atom is 0.137 e. The molecule has 10 aromatic carbocycles. The predicted octanol–water partition coefficient (Wildman–Crippen LogP) is 16.6. The minimum Gasteiger partial charge on any atom is -0.456 e. The number of rotatable bonds is 3. The smallest absolute Gasteiger partial charge is 0.137 e. The van der Waals surface area contributed by atoms with Gasteiger partial charge in [-0.3, -0.25) is 0 Å². The van der Waals surface area contributed by atoms with E-state index < -0.39 is 0 Å². The fraction of sp³-hybridized carbons (Fsp3) is 0.0492. The van der Waals surface area contributed by atoms with Crippen LogP contribution < -0.4 is 0 Å². The van der Waals surface area contributed by atoms with Gasteiger partial charge in [0.05, 0.1) is 27.8 Å². The van der Waals surface area contributed by atoms with Crippen molar-refractivity contribution in [2.75, 3.05) is 0 Å². The molecule has 0 N–H and O–H groups in total. The van der Waals surface area contributed by atoms with Gasteiger partial charge in [0.25, 0.3) is 0 Å². The van der Waals surface area contributed by atoms with Crippen LogP contribution in [0.1, 0.15) is 25.0 Å². The van der Waals surface area contributed by atoms with Crippen molar-refractivity contribution in [1.29, 1.82) is 0 Å². The van der Waals surface area contributed by atoms with Crippen molar-refractivity contribution in [2.45, 2.75) is 19.3 Å². The Morgan fingerprint density at radius 2 is 0.969 bits per heavy atom. The molecule has 15 rings (SSSR count). The van der Waals surface area contributed by atoms with Crippen LogP contribution in [0.2, 0.25) is 0 Å². The molecule has 3 heterocycles. The van der Waals surface area contributed by atoms with Crippen molar-refractivity contribution >= 4 is 76.3 Å². The van der Waals surface area contributed by atoms with E-state index in [9.17, 15) is 0 Å². The van der Waals surface area contributed by atoms with Crippen molar-refractivity contribution < 1.29 is 4.42 Å². The van der Waals surface area contributed by atoms with Gasteiger partial charge in [-0.15, -0.1) is 0 Å². The number of hydrogen-bond acceptors (Lipinski definition) is 1. The Balaban J connectivity index is 0.966. The molecule has 0 fully saturated rings. The van der Waals surface area contributed by atoms with Gasteiger partial charge in [0.1, 0.15) is 11.2 Å². The molecule has 2 aliphatic carbocycles. The largest absolute Gasteiger partial charge is 0.456 e. The van der Waals surface area contributed by atoms with Crippen LogP contribution in [-0.2, 0) is 5.41 Å². The van der Waals surface area contributed by atoms with Gasteiger partial charge in [0, 0.05) is 54.9 Å². The molecule has 0 unspecified atom stereocenters. The van der Waals surface area contributed by atoms with E-state index in [1.165, 1.54) is 110 Å². The number of fused-ring (bicyclic) bond motifs is 15. The van der Waals surface area contributed by atoms with E-state index in [-0.39, 0.29) is 5.41 Å². The highest BCUT2D eigenvalue weighted by Gasteiger charge is 2.36. The van der Waals surface area contributed by atoms with Crippen LogP contribution in [0, 0.1) is 0 Å². The van der Waals surface area contributed by atoms with Gasteiger partial charge in [0.2, 0.25) is 0 Å². The predicted molar refractivity (Wildman–Crippen MR) is 267 cm³/mol. The summed E-state index contributed by atoms with van der Waals surface area (Å²) in [6.07, 6.45) is 0. The summed E-state index contributed by atoms with van der Waals surface area (Å²) in [4.78, 5) is 0. The van der Waals surface area contributed by atoms with Crippen LogP contribution in [0.4, 0.5) is 0 Å². The highest BCUT2D eigenvalue weighted by Crippen LogP contribution is 2.53. The van der Waals surface area contributed by atoms with Gasteiger partial charge >= 0.3 is 0 Å². The first-order valence-corrected chi connectivity index (χ1v) is 22.3. The minimum atomic E-state index is -0.124. The van der Waals surface area contributed by atoms with Gasteiger partial charge in [-0.05, 0) is 128 Å². The first-order valence-electron chi connectivity index (χ1n) is 22.3. The summed E-state index contributed by atoms with van der Waals surface area (Å²) in [7, 11) is 0. The van der Waals surface area contributed by atoms with Crippen molar-refractivity contribution in [3.8, 4) is 55.9 Å². The molecule has 0 atom stereocenters. The monoisotopic (exact) mass is 814 g/mol. The Bertz CT molecular complexity index is 4180. The number of nitrogens with zero attached hydrogens (tertiary/aromatic N) is 2. The molecule has 2 aliphatic rings. The highest BCUT2D eigenvalue weighted by molar-refractivity contribution is 6.20. The molecule has 0 radical (unpaired) electrons. The molecule has 0 saturated carbocycles. The standard InChI is InChI=1S/C61H38N2O/c1-61(2)51-21-10-8-17-40(51)45-31-48-46-29-35(23-26-55(46)63(56(48)33-52(45)61)54-27-25-43-39-16-7-6-15-38(39)42-19-12-20-44(54)60(42)43)36-24-28-58-49(30-36)50-32-47-41-18-9-11-22-53(41)62(37-13-4-3-5-14-37)57(47)34-59(50)64-58/h3-34H,1-2H3. The number of benzene rings is 10. The van der Waals surface area contributed by atoms with E-state index in [4.69, 9.17) is 4.42 Å². The third kappa shape index (κ3) is 4.36. The van der Waals surface area contributed by atoms with Crippen molar-refractivity contribution in [3.63, 3.8) is 0 Å². The summed E-state index contributed by atoms with van der Waals surface area (Å²) in [6, 6.07) is 72.1. The molecule has 0 saturated heterocycles. The second kappa shape index (κ2) is 12.1. The first kappa shape index (κ1) is 34.4. The maximum absolute atomic E-state index is 6.67. The molecule has 3 nitrogen and oxygen atoms in total. The van der Waals surface area contributed by atoms with Gasteiger partial charge in [-0.25, -0.2) is 0 Å². The average Bonchev–Trinajstić information content (AvgIpc) is 4.11. The molecular formula is C61H38N2O. The Kier molecular flexibility index (Phi) is 6.49. The van der Waals surface area contributed by atoms with Crippen LogP contribution in [0.3, 0.4) is 0 Å². The topological polar surface area (TPSA) is 23.0 Å². The average molecular weight is 815 g/mol. The lowest BCUT2D eigenvalue weighted by Gasteiger charge is -2.22. The van der Waals surface area contributed by atoms with Crippen LogP contribution in [0.5, 0.6) is 0 Å². The van der Waals surface area contributed by atoms with E-state index in [1.54, 1.807) is 0 Å². The molecule has 0 aliphatic heterocycles. The molecule has 0 amide bonds. The minimum absolute atomic E-state index is 0.124. The van der Waals surface area contributed by atoms with Gasteiger partial charge in [0.15, 0.2) is 0 Å². The lowest BCUT2D eigenvalue weighted by molar-refractivity contribution is 0.661. The van der Waals surface area contributed by atoms with Crippen LogP contribution in [-0.4, -0.2) is 9.13 Å². The third-order valence-electron chi connectivity index (χ3n) is 14.8. The fourth-order valence-corrected chi connectivity index (χ4v) is 11.9. The van der Waals surface area contributed by atoms with E-state index in [1.807, 2.05) is 0 Å². The number of para-hydroxylation sites is 2. The molecular weight excluding hydrogens is 777 g/mol. The maximum atomic E-state index is 6.67. The van der Waals surface area contributed by atoms with Crippen LogP contribution >= 0.6 is 0 Å². The SMILES string of the molecule is CC1(C)c2ccccc2-c2cc3c4cc(-c5ccc6oc7cc8c(cc7c6c5)c5ccccc5n8-c5ccccc5)ccc4n(-c4ccc5c6c(cccc46)-c4ccccc4-5)c3cc21. The second-order valence-corrected chi connectivity index (χ2v) is 18.4. The molecule has 298 valence electrons. The number of furan rings is 1. The zero-order chi connectivity index (χ0) is 42.0. The second-order valence-electron chi connectivity index (χ2n) is 18.4. The van der Waals surface area contributed by atoms with Crippen LogP contribution in [0.25, 0.3) is 132 Å². The van der Waals surface area contributed by atoms with Gasteiger partial charge in [-0.1, -0.05) is 135 Å². The summed E-state index contributed by atoms with van der Waals surface area (Å²) in [5, 5.41) is 9.83. The molecule has 0 bridgehead atoms. The van der Waals surface area contributed by atoms with E-state index in [2.05, 4.69) is 217 Å². The zero-order valence-electron chi connectivity index (χ0n) is 35.3. The summed E-state index contributed by atoms with van der Waals surface area (Å²) < 4.78 is 11.6. The molecule has 64 heavy (non-hydrogen) atoms. The first-order chi connectivity index (χ1) is 31.5. The molecule has 13 aromatic rings. The van der Waals surface area contributed by atoms with E-state index in [0.29, 0.717) is 0 Å². The fourth-order valence-electron chi connectivity index (χ4n) is 11.9. The quantitative estimate of drug-likeness (QED) is 0.174. The van der Waals surface area contributed by atoms with Crippen molar-refractivity contribution in [2.24, 2.45) is 0 Å². The van der Waals surface area contributed by atoms with E-state index in [0.717, 1.165) is 33.1 Å². The van der Waals surface area contributed by atoms with Crippen LogP contribution in [0.15, 0.2) is 199 Å². The van der Waals surface area contributed by atoms with Gasteiger partial charge in [-0.2, -0.15) is 0 Å². The summed E-state index contributed by atoms with van der Waals surface area (Å²) in [5.41, 5.74) is 21.8. The Morgan fingerprint density at radius 1 is 0.344 bits per heavy atom. The Morgan fingerprint density at radius 3 is 1.83 bits per heavy atom. The van der Waals surface area contributed by atoms with Gasteiger partial charge < -0.3 is 13.6 Å². The third-order valence-corrected chi connectivity index (χ3v) is 14.8. The highest BCUT2D eigenvalue weighted by atomic mass is 16.3. The Labute approximate surface area is 368 Å². The molecule has 0 spiro atoms. The van der Waals surface area contributed by atoms with Crippen molar-refractivity contribution in [3.05, 3.63) is 205 Å². The molecule has 3 heteroatoms. The summed E-state index contributed by atoms with van der Waals surface area (Å²) >= 11 is 0. The molecule has 3 aromatic heterocycles. The number of aromatic nitrogens is 2. The lowest BCUT2D eigenvalue weighted by Crippen LogP contribution is -2.15. The lowest BCUT2D eigenvalue weighted by atomic mass is 9.82. The Hall–Kier alpha value is -8.14.